The molecule has 0 aliphatic carbocycles. The lowest BCUT2D eigenvalue weighted by atomic mass is 9.97. The predicted octanol–water partition coefficient (Wildman–Crippen LogP) is 5.19. The van der Waals surface area contributed by atoms with Crippen LogP contribution in [0.5, 0.6) is 5.75 Å². The molecule has 0 radical (unpaired) electrons. The van der Waals surface area contributed by atoms with E-state index in [0.29, 0.717) is 28.3 Å². The highest BCUT2D eigenvalue weighted by atomic mass is 35.5. The Morgan fingerprint density at radius 1 is 1.21 bits per heavy atom. The fourth-order valence-corrected chi connectivity index (χ4v) is 3.56. The van der Waals surface area contributed by atoms with E-state index in [1.54, 1.807) is 38.1 Å². The first kappa shape index (κ1) is 20.9. The number of phenols is 1. The van der Waals surface area contributed by atoms with Gasteiger partial charge in [-0.1, -0.05) is 18.5 Å². The number of carbonyl (C=O) groups excluding carboxylic acids is 2. The maximum atomic E-state index is 14.9. The number of ether oxygens (including phenoxy) is 1. The molecule has 0 saturated heterocycles. The second-order valence-electron chi connectivity index (χ2n) is 6.83. The van der Waals surface area contributed by atoms with Crippen LogP contribution in [0.4, 0.5) is 4.39 Å². The first-order chi connectivity index (χ1) is 13.8. The number of phenolic OH excluding ortho intramolecular Hbond substituents is 1. The Kier molecular flexibility index (Phi) is 5.94. The molecule has 3 aromatic rings. The van der Waals surface area contributed by atoms with E-state index in [2.05, 4.69) is 0 Å². The number of carbonyl (C=O) groups is 2. The van der Waals surface area contributed by atoms with Crippen molar-refractivity contribution >= 4 is 34.4 Å². The molecule has 2 aromatic carbocycles. The molecule has 0 unspecified atom stereocenters. The van der Waals surface area contributed by atoms with Crippen molar-refractivity contribution in [2.24, 2.45) is 0 Å². The average Bonchev–Trinajstić information content (AvgIpc) is 3.00. The summed E-state index contributed by atoms with van der Waals surface area (Å²) < 4.78 is 21.5. The van der Waals surface area contributed by atoms with E-state index < -0.39 is 29.4 Å². The van der Waals surface area contributed by atoms with Crippen LogP contribution in [-0.2, 0) is 9.53 Å². The van der Waals surface area contributed by atoms with Crippen molar-refractivity contribution in [3.05, 3.63) is 64.1 Å². The monoisotopic (exact) mass is 417 g/mol. The molecule has 0 aliphatic heterocycles. The van der Waals surface area contributed by atoms with Gasteiger partial charge in [0.2, 0.25) is 0 Å². The van der Waals surface area contributed by atoms with E-state index in [1.165, 1.54) is 16.7 Å². The maximum Gasteiger partial charge on any atom is 0.313 e. The zero-order valence-electron chi connectivity index (χ0n) is 16.3. The molecule has 1 heterocycles. The van der Waals surface area contributed by atoms with Gasteiger partial charge in [-0.2, -0.15) is 0 Å². The van der Waals surface area contributed by atoms with E-state index >= 15 is 0 Å². The molecule has 0 fully saturated rings. The molecule has 1 aromatic heterocycles. The summed E-state index contributed by atoms with van der Waals surface area (Å²) in [5.41, 5.74) is 1.35. The van der Waals surface area contributed by atoms with Crippen LogP contribution in [0.3, 0.4) is 0 Å². The Hall–Kier alpha value is -2.86. The van der Waals surface area contributed by atoms with Crippen molar-refractivity contribution in [1.29, 1.82) is 0 Å². The Labute approximate surface area is 172 Å². The number of aromatic nitrogens is 1. The van der Waals surface area contributed by atoms with Crippen LogP contribution in [0.25, 0.3) is 10.9 Å². The number of benzene rings is 2. The fraction of sp³-hybridized carbons (Fsp3) is 0.273. The highest BCUT2D eigenvalue weighted by Gasteiger charge is 2.30. The van der Waals surface area contributed by atoms with Gasteiger partial charge in [0.1, 0.15) is 0 Å². The van der Waals surface area contributed by atoms with Crippen LogP contribution in [0, 0.1) is 12.7 Å². The quantitative estimate of drug-likeness (QED) is 0.580. The second kappa shape index (κ2) is 8.25. The molecular weight excluding hydrogens is 397 g/mol. The standard InChI is InChI=1S/C22H21ClFNO4/c1-4-11-29-22(28)12(2)18-13(3)25(16-9-10-17(26)20(24)19(16)18)21(27)14-5-7-15(23)8-6-14/h5-10,12,26H,4,11H2,1-3H3/t12-/m0/s1. The summed E-state index contributed by atoms with van der Waals surface area (Å²) in [5.74, 6) is -3.16. The molecule has 0 saturated carbocycles. The third-order valence-corrected chi connectivity index (χ3v) is 5.12. The molecule has 152 valence electrons. The average molecular weight is 418 g/mol. The van der Waals surface area contributed by atoms with Crippen LogP contribution in [0.2, 0.25) is 5.02 Å². The van der Waals surface area contributed by atoms with Gasteiger partial charge in [0.25, 0.3) is 5.91 Å². The predicted molar refractivity (Wildman–Crippen MR) is 109 cm³/mol. The Morgan fingerprint density at radius 3 is 2.48 bits per heavy atom. The first-order valence-corrected chi connectivity index (χ1v) is 9.65. The summed E-state index contributed by atoms with van der Waals surface area (Å²) in [6.07, 6.45) is 0.656. The molecular formula is C22H21ClFNO4. The number of halogens is 2. The Bertz CT molecular complexity index is 1090. The number of aromatic hydroxyl groups is 1. The van der Waals surface area contributed by atoms with Gasteiger partial charge in [0, 0.05) is 21.7 Å². The van der Waals surface area contributed by atoms with Crippen molar-refractivity contribution in [2.75, 3.05) is 6.61 Å². The normalized spacial score (nSPS) is 12.2. The number of rotatable bonds is 5. The molecule has 5 nitrogen and oxygen atoms in total. The van der Waals surface area contributed by atoms with E-state index in [-0.39, 0.29) is 17.5 Å². The minimum atomic E-state index is -0.876. The van der Waals surface area contributed by atoms with E-state index in [9.17, 15) is 19.1 Å². The van der Waals surface area contributed by atoms with Crippen molar-refractivity contribution in [1.82, 2.24) is 4.57 Å². The Morgan fingerprint density at radius 2 is 1.86 bits per heavy atom. The van der Waals surface area contributed by atoms with E-state index in [1.807, 2.05) is 6.92 Å². The maximum absolute atomic E-state index is 14.9. The minimum absolute atomic E-state index is 0.0331. The SMILES string of the molecule is CCCOC(=O)[C@@H](C)c1c(C)n(C(=O)c2ccc(Cl)cc2)c2ccc(O)c(F)c12. The first-order valence-electron chi connectivity index (χ1n) is 9.27. The highest BCUT2D eigenvalue weighted by Crippen LogP contribution is 2.37. The van der Waals surface area contributed by atoms with Gasteiger partial charge in [0.05, 0.1) is 18.0 Å². The lowest BCUT2D eigenvalue weighted by Gasteiger charge is -2.13. The summed E-state index contributed by atoms with van der Waals surface area (Å²) in [6, 6.07) is 8.98. The van der Waals surface area contributed by atoms with E-state index in [0.717, 1.165) is 0 Å². The molecule has 29 heavy (non-hydrogen) atoms. The highest BCUT2D eigenvalue weighted by molar-refractivity contribution is 6.30. The molecule has 3 rings (SSSR count). The van der Waals surface area contributed by atoms with Gasteiger partial charge in [0.15, 0.2) is 11.6 Å². The minimum Gasteiger partial charge on any atom is -0.505 e. The summed E-state index contributed by atoms with van der Waals surface area (Å²) in [4.78, 5) is 25.7. The summed E-state index contributed by atoms with van der Waals surface area (Å²) >= 11 is 5.90. The van der Waals surface area contributed by atoms with Crippen LogP contribution >= 0.6 is 11.6 Å². The zero-order chi connectivity index (χ0) is 21.3. The number of hydrogen-bond acceptors (Lipinski definition) is 4. The van der Waals surface area contributed by atoms with Gasteiger partial charge in [-0.3, -0.25) is 14.2 Å². The van der Waals surface area contributed by atoms with Crippen molar-refractivity contribution < 1.29 is 23.8 Å². The summed E-state index contributed by atoms with van der Waals surface area (Å²) in [5, 5.41) is 10.4. The lowest BCUT2D eigenvalue weighted by Crippen LogP contribution is -2.17. The number of hydrogen-bond donors (Lipinski definition) is 1. The number of nitrogens with zero attached hydrogens (tertiary/aromatic N) is 1. The van der Waals surface area contributed by atoms with Crippen molar-refractivity contribution in [3.63, 3.8) is 0 Å². The van der Waals surface area contributed by atoms with Gasteiger partial charge in [-0.25, -0.2) is 4.39 Å². The molecule has 0 bridgehead atoms. The van der Waals surface area contributed by atoms with Gasteiger partial charge in [-0.05, 0) is 62.2 Å². The fourth-order valence-electron chi connectivity index (χ4n) is 3.44. The lowest BCUT2D eigenvalue weighted by molar-refractivity contribution is -0.145. The van der Waals surface area contributed by atoms with Crippen LogP contribution < -0.4 is 0 Å². The third-order valence-electron chi connectivity index (χ3n) is 4.86. The van der Waals surface area contributed by atoms with Crippen LogP contribution in [0.1, 0.15) is 47.8 Å². The van der Waals surface area contributed by atoms with Gasteiger partial charge < -0.3 is 9.84 Å². The summed E-state index contributed by atoms with van der Waals surface area (Å²) in [7, 11) is 0. The van der Waals surface area contributed by atoms with Crippen molar-refractivity contribution in [3.8, 4) is 5.75 Å². The topological polar surface area (TPSA) is 68.5 Å². The molecule has 0 spiro atoms. The zero-order valence-corrected chi connectivity index (χ0v) is 17.1. The molecule has 1 N–H and O–H groups in total. The second-order valence-corrected chi connectivity index (χ2v) is 7.26. The number of esters is 1. The van der Waals surface area contributed by atoms with Crippen LogP contribution in [0.15, 0.2) is 36.4 Å². The van der Waals surface area contributed by atoms with Gasteiger partial charge in [-0.15, -0.1) is 0 Å². The van der Waals surface area contributed by atoms with Crippen LogP contribution in [-0.4, -0.2) is 28.2 Å². The third kappa shape index (κ3) is 3.72. The molecule has 0 amide bonds. The smallest absolute Gasteiger partial charge is 0.313 e. The molecule has 0 aliphatic rings. The van der Waals surface area contributed by atoms with E-state index in [4.69, 9.17) is 16.3 Å². The molecule has 1 atom stereocenters. The molecule has 7 heteroatoms. The number of fused-ring (bicyclic) bond motifs is 1. The largest absolute Gasteiger partial charge is 0.505 e. The Balaban J connectivity index is 2.23. The summed E-state index contributed by atoms with van der Waals surface area (Å²) in [6.45, 7) is 5.36. The van der Waals surface area contributed by atoms with Crippen molar-refractivity contribution in [2.45, 2.75) is 33.1 Å². The van der Waals surface area contributed by atoms with Gasteiger partial charge >= 0.3 is 5.97 Å².